The highest BCUT2D eigenvalue weighted by atomic mass is 14.8. The molecule has 0 bridgehead atoms. The summed E-state index contributed by atoms with van der Waals surface area (Å²) in [4.78, 5) is 9.10. The van der Waals surface area contributed by atoms with Crippen LogP contribution in [-0.2, 0) is 0 Å². The summed E-state index contributed by atoms with van der Waals surface area (Å²) in [6.07, 6.45) is 15.2. The Morgan fingerprint density at radius 3 is 2.66 bits per heavy atom. The number of nitrogen functional groups attached to an aromatic ring is 1. The Bertz CT molecular complexity index is 1350. The van der Waals surface area contributed by atoms with E-state index in [1.54, 1.807) is 0 Å². The molecule has 0 radical (unpaired) electrons. The standard InChI is InChI=1S/C29H27N3/c1-20-7-5-6-10-27(20)23-13-14-28-25(16-23)17-24(29(30)32-28)12-11-21-15-26(19-31-18-21)22-8-3-2-4-9-22/h5-8,10-19H,2-4,9H2,1H3,(H2,30,32). The minimum Gasteiger partial charge on any atom is -0.383 e. The molecule has 0 unspecified atom stereocenters. The van der Waals surface area contributed by atoms with Crippen LogP contribution in [0.15, 0.2) is 73.1 Å². The second-order valence-electron chi connectivity index (χ2n) is 8.50. The largest absolute Gasteiger partial charge is 0.383 e. The molecule has 158 valence electrons. The van der Waals surface area contributed by atoms with E-state index in [4.69, 9.17) is 5.73 Å². The van der Waals surface area contributed by atoms with Crippen molar-refractivity contribution >= 4 is 34.4 Å². The normalized spacial score (nSPS) is 14.1. The Morgan fingerprint density at radius 2 is 1.81 bits per heavy atom. The monoisotopic (exact) mass is 417 g/mol. The minimum atomic E-state index is 0.538. The van der Waals surface area contributed by atoms with Gasteiger partial charge in [-0.25, -0.2) is 4.98 Å². The fourth-order valence-corrected chi connectivity index (χ4v) is 4.42. The van der Waals surface area contributed by atoms with Crippen LogP contribution in [0.2, 0.25) is 0 Å². The van der Waals surface area contributed by atoms with Crippen molar-refractivity contribution in [1.29, 1.82) is 0 Å². The predicted molar refractivity (Wildman–Crippen MR) is 136 cm³/mol. The third-order valence-electron chi connectivity index (χ3n) is 6.21. The van der Waals surface area contributed by atoms with Crippen molar-refractivity contribution in [3.63, 3.8) is 0 Å². The van der Waals surface area contributed by atoms with E-state index >= 15 is 0 Å². The van der Waals surface area contributed by atoms with Crippen molar-refractivity contribution in [3.05, 3.63) is 95.3 Å². The molecule has 2 aromatic carbocycles. The second kappa shape index (κ2) is 8.80. The molecule has 2 N–H and O–H groups in total. The molecule has 2 heterocycles. The Hall–Kier alpha value is -3.72. The third-order valence-corrected chi connectivity index (χ3v) is 6.21. The molecular weight excluding hydrogens is 390 g/mol. The van der Waals surface area contributed by atoms with Gasteiger partial charge >= 0.3 is 0 Å². The van der Waals surface area contributed by atoms with Gasteiger partial charge in [0.1, 0.15) is 5.82 Å². The van der Waals surface area contributed by atoms with Crippen LogP contribution in [0.25, 0.3) is 39.8 Å². The maximum Gasteiger partial charge on any atom is 0.131 e. The first kappa shape index (κ1) is 20.2. The first-order valence-corrected chi connectivity index (χ1v) is 11.3. The molecule has 0 saturated heterocycles. The van der Waals surface area contributed by atoms with Crippen LogP contribution in [0.1, 0.15) is 47.9 Å². The minimum absolute atomic E-state index is 0.538. The molecule has 32 heavy (non-hydrogen) atoms. The number of nitrogens with two attached hydrogens (primary N) is 1. The molecule has 0 amide bonds. The van der Waals surface area contributed by atoms with Crippen LogP contribution in [0.5, 0.6) is 0 Å². The molecule has 1 aliphatic rings. The molecule has 0 aliphatic heterocycles. The Balaban J connectivity index is 1.47. The van der Waals surface area contributed by atoms with E-state index in [1.807, 2.05) is 24.5 Å². The Kier molecular flexibility index (Phi) is 5.55. The van der Waals surface area contributed by atoms with Gasteiger partial charge in [-0.3, -0.25) is 4.98 Å². The molecule has 3 nitrogen and oxygen atoms in total. The third kappa shape index (κ3) is 4.19. The molecule has 0 atom stereocenters. The molecule has 0 fully saturated rings. The number of aromatic nitrogens is 2. The van der Waals surface area contributed by atoms with Crippen molar-refractivity contribution in [2.24, 2.45) is 0 Å². The highest BCUT2D eigenvalue weighted by Gasteiger charge is 2.08. The van der Waals surface area contributed by atoms with Gasteiger partial charge in [-0.1, -0.05) is 48.6 Å². The Morgan fingerprint density at radius 1 is 0.906 bits per heavy atom. The van der Waals surface area contributed by atoms with Crippen molar-refractivity contribution in [3.8, 4) is 11.1 Å². The molecule has 1 aliphatic carbocycles. The van der Waals surface area contributed by atoms with Gasteiger partial charge in [0.2, 0.25) is 0 Å². The number of hydrogen-bond acceptors (Lipinski definition) is 3. The maximum atomic E-state index is 6.28. The van der Waals surface area contributed by atoms with E-state index in [0.717, 1.165) is 28.5 Å². The quantitative estimate of drug-likeness (QED) is 0.378. The molecule has 5 rings (SSSR count). The number of aryl methyl sites for hydroxylation is 1. The first-order chi connectivity index (χ1) is 15.7. The number of rotatable bonds is 4. The summed E-state index contributed by atoms with van der Waals surface area (Å²) in [6, 6.07) is 19.1. The average Bonchev–Trinajstić information content (AvgIpc) is 2.83. The molecule has 3 heteroatoms. The van der Waals surface area contributed by atoms with Gasteiger partial charge in [-0.05, 0) is 90.3 Å². The topological polar surface area (TPSA) is 51.8 Å². The zero-order valence-corrected chi connectivity index (χ0v) is 18.4. The van der Waals surface area contributed by atoms with Crippen LogP contribution in [0.3, 0.4) is 0 Å². The van der Waals surface area contributed by atoms with Crippen LogP contribution < -0.4 is 5.73 Å². The van der Waals surface area contributed by atoms with Gasteiger partial charge in [0, 0.05) is 23.3 Å². The van der Waals surface area contributed by atoms with Crippen LogP contribution >= 0.6 is 0 Å². The smallest absolute Gasteiger partial charge is 0.131 e. The first-order valence-electron chi connectivity index (χ1n) is 11.3. The zero-order valence-electron chi connectivity index (χ0n) is 18.4. The summed E-state index contributed by atoms with van der Waals surface area (Å²) in [5.41, 5.74) is 15.5. The number of allylic oxidation sites excluding steroid dienone is 2. The van der Waals surface area contributed by atoms with Crippen molar-refractivity contribution in [1.82, 2.24) is 9.97 Å². The van der Waals surface area contributed by atoms with Crippen molar-refractivity contribution in [2.75, 3.05) is 5.73 Å². The van der Waals surface area contributed by atoms with E-state index in [0.29, 0.717) is 5.82 Å². The molecule has 0 saturated carbocycles. The zero-order chi connectivity index (χ0) is 21.9. The highest BCUT2D eigenvalue weighted by Crippen LogP contribution is 2.29. The SMILES string of the molecule is Cc1ccccc1-c1ccc2nc(N)c(C=Cc3cncc(C4=CCCCC4)c3)cc2c1. The van der Waals surface area contributed by atoms with Crippen LogP contribution in [0, 0.1) is 6.92 Å². The molecule has 2 aromatic heterocycles. The molecular formula is C29H27N3. The number of nitrogens with zero attached hydrogens (tertiary/aromatic N) is 2. The van der Waals surface area contributed by atoms with E-state index in [1.165, 1.54) is 47.1 Å². The van der Waals surface area contributed by atoms with Gasteiger partial charge in [-0.2, -0.15) is 0 Å². The average molecular weight is 418 g/mol. The van der Waals surface area contributed by atoms with Crippen molar-refractivity contribution < 1.29 is 0 Å². The summed E-state index contributed by atoms with van der Waals surface area (Å²) in [5, 5.41) is 1.08. The summed E-state index contributed by atoms with van der Waals surface area (Å²) >= 11 is 0. The number of pyridine rings is 2. The van der Waals surface area contributed by atoms with Gasteiger partial charge < -0.3 is 5.73 Å². The predicted octanol–water partition coefficient (Wildman–Crippen LogP) is 7.32. The van der Waals surface area contributed by atoms with E-state index in [-0.39, 0.29) is 0 Å². The fourth-order valence-electron chi connectivity index (χ4n) is 4.42. The Labute approximate surface area is 189 Å². The number of benzene rings is 2. The molecule has 4 aromatic rings. The van der Waals surface area contributed by atoms with Crippen molar-refractivity contribution in [2.45, 2.75) is 32.6 Å². The maximum absolute atomic E-state index is 6.28. The van der Waals surface area contributed by atoms with Gasteiger partial charge in [0.05, 0.1) is 5.52 Å². The van der Waals surface area contributed by atoms with Gasteiger partial charge in [-0.15, -0.1) is 0 Å². The lowest BCUT2D eigenvalue weighted by Crippen LogP contribution is -1.95. The van der Waals surface area contributed by atoms with Gasteiger partial charge in [0.15, 0.2) is 0 Å². The number of fused-ring (bicyclic) bond motifs is 1. The second-order valence-corrected chi connectivity index (χ2v) is 8.50. The lowest BCUT2D eigenvalue weighted by atomic mass is 9.94. The van der Waals surface area contributed by atoms with E-state index in [2.05, 4.69) is 77.6 Å². The fraction of sp³-hybridized carbons (Fsp3) is 0.172. The van der Waals surface area contributed by atoms with E-state index in [9.17, 15) is 0 Å². The molecule has 0 spiro atoms. The van der Waals surface area contributed by atoms with Crippen LogP contribution in [0.4, 0.5) is 5.82 Å². The summed E-state index contributed by atoms with van der Waals surface area (Å²) in [7, 11) is 0. The van der Waals surface area contributed by atoms with E-state index < -0.39 is 0 Å². The summed E-state index contributed by atoms with van der Waals surface area (Å²) in [6.45, 7) is 2.14. The van der Waals surface area contributed by atoms with Gasteiger partial charge in [0.25, 0.3) is 0 Å². The lowest BCUT2D eigenvalue weighted by molar-refractivity contribution is 0.741. The summed E-state index contributed by atoms with van der Waals surface area (Å²) < 4.78 is 0. The highest BCUT2D eigenvalue weighted by molar-refractivity contribution is 5.90. The lowest BCUT2D eigenvalue weighted by Gasteiger charge is -2.12. The summed E-state index contributed by atoms with van der Waals surface area (Å²) in [5.74, 6) is 0.538. The van der Waals surface area contributed by atoms with Crippen LogP contribution in [-0.4, -0.2) is 9.97 Å². The number of hydrogen-bond donors (Lipinski definition) is 1. The number of anilines is 1.